The van der Waals surface area contributed by atoms with Crippen LogP contribution in [0.15, 0.2) is 14.4 Å². The van der Waals surface area contributed by atoms with Crippen molar-refractivity contribution in [2.75, 3.05) is 5.33 Å². The van der Waals surface area contributed by atoms with Gasteiger partial charge in [0.25, 0.3) is 0 Å². The Bertz CT molecular complexity index is 722. The van der Waals surface area contributed by atoms with Crippen LogP contribution in [0, 0.1) is 22.7 Å². The molecule has 1 rings (SSSR count). The Morgan fingerprint density at radius 3 is 1.57 bits per heavy atom. The van der Waals surface area contributed by atoms with Gasteiger partial charge in [-0.3, -0.25) is 0 Å². The molecule has 0 fully saturated rings. The van der Waals surface area contributed by atoms with Crippen molar-refractivity contribution in [3.63, 3.8) is 0 Å². The molecule has 0 aliphatic carbocycles. The van der Waals surface area contributed by atoms with E-state index in [-0.39, 0.29) is 32.5 Å². The van der Waals surface area contributed by atoms with E-state index in [0.29, 0.717) is 6.42 Å². The molecule has 0 N–H and O–H groups in total. The molecule has 8 nitrogen and oxygen atoms in total. The first-order valence-corrected chi connectivity index (χ1v) is 8.45. The first-order chi connectivity index (χ1) is 11.1. The van der Waals surface area contributed by atoms with Crippen molar-refractivity contribution < 1.29 is 0 Å². The van der Waals surface area contributed by atoms with Gasteiger partial charge in [0.05, 0.1) is 25.0 Å². The lowest BCUT2D eigenvalue weighted by Gasteiger charge is -2.12. The lowest BCUT2D eigenvalue weighted by Crippen LogP contribution is -2.54. The molecular formula is C14H18BrN5O3. The quantitative estimate of drug-likeness (QED) is 0.456. The third-order valence-electron chi connectivity index (χ3n) is 3.30. The Morgan fingerprint density at radius 2 is 1.17 bits per heavy atom. The second-order valence-corrected chi connectivity index (χ2v) is 5.66. The second kappa shape index (κ2) is 9.80. The molecule has 0 aliphatic rings. The van der Waals surface area contributed by atoms with Gasteiger partial charge < -0.3 is 0 Å². The maximum atomic E-state index is 12.3. The van der Waals surface area contributed by atoms with E-state index in [1.165, 1.54) is 0 Å². The van der Waals surface area contributed by atoms with E-state index in [4.69, 9.17) is 10.5 Å². The normalized spacial score (nSPS) is 10.2. The smallest absolute Gasteiger partial charge is 0.247 e. The monoisotopic (exact) mass is 383 g/mol. The molecule has 0 saturated heterocycles. The minimum Gasteiger partial charge on any atom is -0.247 e. The summed E-state index contributed by atoms with van der Waals surface area (Å²) in [5, 5.41) is 18.2. The number of alkyl halides is 1. The summed E-state index contributed by atoms with van der Waals surface area (Å²) in [6.45, 7) is 0.0782. The molecule has 0 saturated carbocycles. The molecule has 9 heteroatoms. The first-order valence-electron chi connectivity index (χ1n) is 7.32. The van der Waals surface area contributed by atoms with Crippen LogP contribution in [-0.4, -0.2) is 19.0 Å². The Labute approximate surface area is 141 Å². The van der Waals surface area contributed by atoms with Gasteiger partial charge in [-0.05, 0) is 12.8 Å². The van der Waals surface area contributed by atoms with Crippen LogP contribution in [0.1, 0.15) is 32.1 Å². The lowest BCUT2D eigenvalue weighted by atomic mass is 10.2. The number of nitrogens with zero attached hydrogens (tertiary/aromatic N) is 5. The second-order valence-electron chi connectivity index (χ2n) is 4.87. The molecule has 1 aromatic rings. The van der Waals surface area contributed by atoms with Gasteiger partial charge in [-0.1, -0.05) is 22.4 Å². The van der Waals surface area contributed by atoms with E-state index in [1.807, 2.05) is 12.1 Å². The van der Waals surface area contributed by atoms with Gasteiger partial charge in [0.2, 0.25) is 0 Å². The summed E-state index contributed by atoms with van der Waals surface area (Å²) in [7, 11) is 0. The average molecular weight is 384 g/mol. The maximum Gasteiger partial charge on any atom is 0.336 e. The number of halogens is 1. The Hall–Kier alpha value is -2.13. The number of hydrogen-bond acceptors (Lipinski definition) is 5. The number of unbranched alkanes of at least 4 members (excludes halogenated alkanes) is 2. The maximum absolute atomic E-state index is 12.3. The summed E-state index contributed by atoms with van der Waals surface area (Å²) in [6.07, 6.45) is 2.39. The zero-order valence-electron chi connectivity index (χ0n) is 12.7. The Morgan fingerprint density at radius 1 is 0.739 bits per heavy atom. The van der Waals surface area contributed by atoms with Crippen molar-refractivity contribution in [2.45, 2.75) is 51.7 Å². The summed E-state index contributed by atoms with van der Waals surface area (Å²) in [5.41, 5.74) is -2.15. The highest BCUT2D eigenvalue weighted by molar-refractivity contribution is 9.09. The number of nitriles is 2. The number of rotatable bonds is 9. The minimum absolute atomic E-state index is 0.00477. The minimum atomic E-state index is -0.762. The third kappa shape index (κ3) is 4.93. The molecule has 0 radical (unpaired) electrons. The van der Waals surface area contributed by atoms with Gasteiger partial charge in [-0.2, -0.15) is 10.5 Å². The van der Waals surface area contributed by atoms with Gasteiger partial charge in [0, 0.05) is 25.0 Å². The fourth-order valence-electron chi connectivity index (χ4n) is 2.12. The summed E-state index contributed by atoms with van der Waals surface area (Å²) in [5.74, 6) is 0. The summed E-state index contributed by atoms with van der Waals surface area (Å²) in [6, 6.07) is 3.75. The van der Waals surface area contributed by atoms with Gasteiger partial charge >= 0.3 is 17.1 Å². The highest BCUT2D eigenvalue weighted by Crippen LogP contribution is 1.99. The molecule has 0 aliphatic heterocycles. The van der Waals surface area contributed by atoms with Crippen molar-refractivity contribution >= 4 is 15.9 Å². The largest absolute Gasteiger partial charge is 0.336 e. The molecule has 1 aromatic heterocycles. The average Bonchev–Trinajstić information content (AvgIpc) is 2.54. The van der Waals surface area contributed by atoms with E-state index in [2.05, 4.69) is 15.9 Å². The molecule has 0 aromatic carbocycles. The number of hydrogen-bond donors (Lipinski definition) is 0. The lowest BCUT2D eigenvalue weighted by molar-refractivity contribution is 0.438. The van der Waals surface area contributed by atoms with Gasteiger partial charge in [0.15, 0.2) is 0 Å². The fraction of sp³-hybridized carbons (Fsp3) is 0.643. The van der Waals surface area contributed by atoms with Crippen LogP contribution < -0.4 is 17.1 Å². The predicted molar refractivity (Wildman–Crippen MR) is 87.3 cm³/mol. The van der Waals surface area contributed by atoms with E-state index >= 15 is 0 Å². The van der Waals surface area contributed by atoms with Crippen molar-refractivity contribution in [2.24, 2.45) is 0 Å². The van der Waals surface area contributed by atoms with E-state index in [1.54, 1.807) is 0 Å². The SMILES string of the molecule is N#CCCn1c(=O)n(CCC#N)c(=O)n(CCCCCBr)c1=O. The topological polar surface area (TPSA) is 114 Å². The van der Waals surface area contributed by atoms with Crippen molar-refractivity contribution in [1.29, 1.82) is 10.5 Å². The first kappa shape index (κ1) is 18.9. The molecular weight excluding hydrogens is 366 g/mol. The summed E-state index contributed by atoms with van der Waals surface area (Å²) >= 11 is 3.31. The molecule has 0 amide bonds. The van der Waals surface area contributed by atoms with Gasteiger partial charge in [-0.15, -0.1) is 0 Å². The van der Waals surface area contributed by atoms with Crippen LogP contribution >= 0.6 is 15.9 Å². The molecule has 0 spiro atoms. The molecule has 124 valence electrons. The van der Waals surface area contributed by atoms with E-state index in [0.717, 1.165) is 31.9 Å². The van der Waals surface area contributed by atoms with E-state index < -0.39 is 17.1 Å². The Balaban J connectivity index is 3.29. The molecule has 1 heterocycles. The van der Waals surface area contributed by atoms with Crippen LogP contribution in [0.5, 0.6) is 0 Å². The number of aromatic nitrogens is 3. The standard InChI is InChI=1S/C14H18BrN5O3/c15-6-2-1-3-9-18-12(21)19(10-4-7-16)14(23)20(13(18)22)11-5-8-17/h1-6,9-11H2. The van der Waals surface area contributed by atoms with Crippen LogP contribution in [0.25, 0.3) is 0 Å². The third-order valence-corrected chi connectivity index (χ3v) is 3.86. The van der Waals surface area contributed by atoms with Crippen LogP contribution in [0.3, 0.4) is 0 Å². The zero-order chi connectivity index (χ0) is 17.2. The Kier molecular flexibility index (Phi) is 8.06. The van der Waals surface area contributed by atoms with Crippen molar-refractivity contribution in [3.8, 4) is 12.1 Å². The zero-order valence-corrected chi connectivity index (χ0v) is 14.3. The van der Waals surface area contributed by atoms with Gasteiger partial charge in [0.1, 0.15) is 0 Å². The van der Waals surface area contributed by atoms with E-state index in [9.17, 15) is 14.4 Å². The van der Waals surface area contributed by atoms with Crippen LogP contribution in [-0.2, 0) is 19.6 Å². The van der Waals surface area contributed by atoms with Crippen LogP contribution in [0.2, 0.25) is 0 Å². The van der Waals surface area contributed by atoms with Gasteiger partial charge in [-0.25, -0.2) is 28.1 Å². The molecule has 23 heavy (non-hydrogen) atoms. The summed E-state index contributed by atoms with van der Waals surface area (Å²) in [4.78, 5) is 36.9. The van der Waals surface area contributed by atoms with Crippen molar-refractivity contribution in [1.82, 2.24) is 13.7 Å². The highest BCUT2D eigenvalue weighted by Gasteiger charge is 2.14. The predicted octanol–water partition coefficient (Wildman–Crippen LogP) is 0.564. The highest BCUT2D eigenvalue weighted by atomic mass is 79.9. The molecule has 0 bridgehead atoms. The van der Waals surface area contributed by atoms with Crippen molar-refractivity contribution in [3.05, 3.63) is 31.5 Å². The summed E-state index contributed by atoms with van der Waals surface area (Å²) < 4.78 is 2.81. The fourth-order valence-corrected chi connectivity index (χ4v) is 2.52. The molecule has 0 unspecified atom stereocenters. The van der Waals surface area contributed by atoms with Crippen LogP contribution in [0.4, 0.5) is 0 Å². The molecule has 0 atom stereocenters.